The zero-order chi connectivity index (χ0) is 28.8. The Morgan fingerprint density at radius 2 is 2.00 bits per heavy atom. The molecule has 12 nitrogen and oxygen atoms in total. The molecule has 0 aliphatic carbocycles. The van der Waals surface area contributed by atoms with E-state index in [-0.39, 0.29) is 11.9 Å². The molecule has 6 unspecified atom stereocenters. The number of benzene rings is 1. The molecule has 1 aromatic heterocycles. The van der Waals surface area contributed by atoms with Crippen molar-refractivity contribution in [2.45, 2.75) is 76.6 Å². The highest BCUT2D eigenvalue weighted by molar-refractivity contribution is 7.52. The molecule has 1 aromatic carbocycles. The second-order valence-electron chi connectivity index (χ2n) is 9.57. The molecule has 2 aromatic rings. The van der Waals surface area contributed by atoms with Crippen LogP contribution in [0.2, 0.25) is 0 Å². The number of carbonyl (C=O) groups excluding carboxylic acids is 1. The van der Waals surface area contributed by atoms with Gasteiger partial charge in [-0.15, -0.1) is 0 Å². The topological polar surface area (TPSA) is 158 Å². The quantitative estimate of drug-likeness (QED) is 0.241. The minimum atomic E-state index is -4.43. The largest absolute Gasteiger partial charge is 0.461 e. The van der Waals surface area contributed by atoms with Crippen molar-refractivity contribution in [2.75, 3.05) is 13.2 Å². The second-order valence-corrected chi connectivity index (χ2v) is 11.3. The van der Waals surface area contributed by atoms with Crippen LogP contribution in [0.3, 0.4) is 0 Å². The van der Waals surface area contributed by atoms with Gasteiger partial charge in [0.05, 0.1) is 13.2 Å². The molecule has 14 heteroatoms. The molecule has 0 bridgehead atoms. The van der Waals surface area contributed by atoms with Crippen LogP contribution in [0.15, 0.2) is 52.2 Å². The summed E-state index contributed by atoms with van der Waals surface area (Å²) in [5, 5.41) is 13.7. The van der Waals surface area contributed by atoms with Gasteiger partial charge in [-0.3, -0.25) is 23.7 Å². The third-order valence-corrected chi connectivity index (χ3v) is 8.08. The fraction of sp³-hybridized carbons (Fsp3) is 0.560. The molecule has 1 aliphatic rings. The highest BCUT2D eigenvalue weighted by Gasteiger charge is 2.61. The average Bonchev–Trinajstić information content (AvgIpc) is 3.11. The van der Waals surface area contributed by atoms with E-state index in [0.29, 0.717) is 12.8 Å². The molecular formula is C25H35FN3O9P. The number of aromatic nitrogens is 2. The molecule has 1 saturated heterocycles. The first-order valence-electron chi connectivity index (χ1n) is 12.7. The van der Waals surface area contributed by atoms with Crippen LogP contribution in [0.1, 0.15) is 53.2 Å². The minimum Gasteiger partial charge on any atom is -0.461 e. The Labute approximate surface area is 225 Å². The Morgan fingerprint density at radius 3 is 2.62 bits per heavy atom. The standard InChI is InChI=1S/C25H35FN3O9P/c1-5-10-18(6-2)37-21(31)17(3)28-39(34,38-19-11-8-7-9-12-19)36-16-25(33)15-35-22(24(25,4)26)29-14-13-20(30)27-23(29)32/h7-9,11-14,17-18,22,33H,5-6,10,15-16H2,1-4H3,(H,28,34)(H,27,30,32). The number of nitrogens with zero attached hydrogens (tertiary/aromatic N) is 1. The van der Waals surface area contributed by atoms with E-state index < -0.39 is 61.7 Å². The fourth-order valence-electron chi connectivity index (χ4n) is 4.01. The maximum Gasteiger partial charge on any atom is 0.459 e. The van der Waals surface area contributed by atoms with Gasteiger partial charge in [-0.05, 0) is 38.8 Å². The fourth-order valence-corrected chi connectivity index (χ4v) is 5.55. The van der Waals surface area contributed by atoms with Crippen LogP contribution in [0.25, 0.3) is 0 Å². The van der Waals surface area contributed by atoms with Crippen LogP contribution in [0, 0.1) is 0 Å². The molecule has 216 valence electrons. The van der Waals surface area contributed by atoms with Gasteiger partial charge in [0.25, 0.3) is 5.56 Å². The number of ether oxygens (including phenoxy) is 2. The van der Waals surface area contributed by atoms with Crippen molar-refractivity contribution in [3.63, 3.8) is 0 Å². The summed E-state index contributed by atoms with van der Waals surface area (Å²) in [5.74, 6) is -0.562. The Kier molecular flexibility index (Phi) is 9.89. The Balaban J connectivity index is 1.81. The maximum absolute atomic E-state index is 16.0. The van der Waals surface area contributed by atoms with Crippen molar-refractivity contribution in [1.82, 2.24) is 14.6 Å². The zero-order valence-electron chi connectivity index (χ0n) is 22.3. The number of nitrogens with one attached hydrogen (secondary N) is 2. The van der Waals surface area contributed by atoms with Gasteiger partial charge in [0.2, 0.25) is 0 Å². The molecule has 2 heterocycles. The van der Waals surface area contributed by atoms with Crippen molar-refractivity contribution in [2.24, 2.45) is 0 Å². The van der Waals surface area contributed by atoms with Gasteiger partial charge in [-0.25, -0.2) is 13.8 Å². The molecule has 3 N–H and O–H groups in total. The summed E-state index contributed by atoms with van der Waals surface area (Å²) < 4.78 is 52.5. The average molecular weight is 572 g/mol. The third kappa shape index (κ3) is 7.23. The van der Waals surface area contributed by atoms with E-state index in [9.17, 15) is 24.1 Å². The summed E-state index contributed by atoms with van der Waals surface area (Å²) in [7, 11) is -4.43. The summed E-state index contributed by atoms with van der Waals surface area (Å²) in [5.41, 5.74) is -6.68. The van der Waals surface area contributed by atoms with E-state index in [1.807, 2.05) is 18.8 Å². The van der Waals surface area contributed by atoms with Crippen LogP contribution >= 0.6 is 7.75 Å². The number of hydrogen-bond donors (Lipinski definition) is 3. The Morgan fingerprint density at radius 1 is 1.31 bits per heavy atom. The second kappa shape index (κ2) is 12.6. The molecule has 1 aliphatic heterocycles. The van der Waals surface area contributed by atoms with Gasteiger partial charge in [-0.2, -0.15) is 5.09 Å². The summed E-state index contributed by atoms with van der Waals surface area (Å²) in [6.45, 7) is 4.69. The lowest BCUT2D eigenvalue weighted by Gasteiger charge is -2.34. The summed E-state index contributed by atoms with van der Waals surface area (Å²) in [4.78, 5) is 38.3. The Bertz CT molecular complexity index is 1290. The number of hydrogen-bond acceptors (Lipinski definition) is 9. The van der Waals surface area contributed by atoms with E-state index in [0.717, 1.165) is 30.2 Å². The van der Waals surface area contributed by atoms with E-state index in [4.69, 9.17) is 18.5 Å². The predicted molar refractivity (Wildman–Crippen MR) is 139 cm³/mol. The van der Waals surface area contributed by atoms with Crippen molar-refractivity contribution in [3.8, 4) is 5.75 Å². The number of para-hydroxylation sites is 1. The van der Waals surface area contributed by atoms with Crippen molar-refractivity contribution >= 4 is 13.7 Å². The maximum atomic E-state index is 16.0. The van der Waals surface area contributed by atoms with Gasteiger partial charge < -0.3 is 19.1 Å². The number of alkyl halides is 1. The van der Waals surface area contributed by atoms with Crippen molar-refractivity contribution < 1.29 is 37.4 Å². The first-order chi connectivity index (χ1) is 18.3. The SMILES string of the molecule is CCCC(CC)OC(=O)C(C)NP(=O)(OCC1(O)COC(n2ccc(=O)[nH]c2=O)C1(C)F)Oc1ccccc1. The number of H-pyrrole nitrogens is 1. The minimum absolute atomic E-state index is 0.127. The monoisotopic (exact) mass is 571 g/mol. The first kappa shape index (κ1) is 30.7. The molecule has 0 radical (unpaired) electrons. The van der Waals surface area contributed by atoms with Crippen LogP contribution < -0.4 is 20.9 Å². The van der Waals surface area contributed by atoms with Crippen molar-refractivity contribution in [1.29, 1.82) is 0 Å². The van der Waals surface area contributed by atoms with Gasteiger partial charge >= 0.3 is 19.4 Å². The van der Waals surface area contributed by atoms with Gasteiger partial charge in [-0.1, -0.05) is 38.5 Å². The molecule has 6 atom stereocenters. The zero-order valence-corrected chi connectivity index (χ0v) is 23.2. The molecular weight excluding hydrogens is 536 g/mol. The summed E-state index contributed by atoms with van der Waals surface area (Å²) >= 11 is 0. The number of halogens is 1. The van der Waals surface area contributed by atoms with Gasteiger partial charge in [0.15, 0.2) is 11.9 Å². The molecule has 0 spiro atoms. The third-order valence-electron chi connectivity index (χ3n) is 6.45. The highest BCUT2D eigenvalue weighted by Crippen LogP contribution is 2.49. The van der Waals surface area contributed by atoms with Gasteiger partial charge in [0, 0.05) is 12.3 Å². The molecule has 0 amide bonds. The molecule has 0 saturated carbocycles. The number of carbonyl (C=O) groups is 1. The molecule has 1 fully saturated rings. The van der Waals surface area contributed by atoms with Crippen LogP contribution in [-0.4, -0.2) is 57.3 Å². The van der Waals surface area contributed by atoms with E-state index >= 15 is 4.39 Å². The summed E-state index contributed by atoms with van der Waals surface area (Å²) in [6.07, 6.45) is 1.15. The Hall–Kier alpha value is -2.83. The van der Waals surface area contributed by atoms with E-state index in [2.05, 4.69) is 5.09 Å². The normalized spacial score (nSPS) is 25.9. The smallest absolute Gasteiger partial charge is 0.459 e. The van der Waals surface area contributed by atoms with E-state index in [1.165, 1.54) is 19.1 Å². The number of esters is 1. The van der Waals surface area contributed by atoms with Crippen molar-refractivity contribution in [3.05, 3.63) is 63.4 Å². The lowest BCUT2D eigenvalue weighted by atomic mass is 9.88. The number of rotatable bonds is 13. The lowest BCUT2D eigenvalue weighted by Crippen LogP contribution is -2.54. The molecule has 3 rings (SSSR count). The summed E-state index contributed by atoms with van der Waals surface area (Å²) in [6, 6.07) is 7.81. The predicted octanol–water partition coefficient (Wildman–Crippen LogP) is 2.83. The van der Waals surface area contributed by atoms with Crippen LogP contribution in [0.5, 0.6) is 5.75 Å². The highest BCUT2D eigenvalue weighted by atomic mass is 31.2. The van der Waals surface area contributed by atoms with Crippen LogP contribution in [-0.2, 0) is 23.4 Å². The molecule has 39 heavy (non-hydrogen) atoms. The number of aliphatic hydroxyl groups is 1. The van der Waals surface area contributed by atoms with Crippen LogP contribution in [0.4, 0.5) is 4.39 Å². The number of aromatic amines is 1. The first-order valence-corrected chi connectivity index (χ1v) is 14.2. The van der Waals surface area contributed by atoms with Gasteiger partial charge in [0.1, 0.15) is 23.5 Å². The van der Waals surface area contributed by atoms with E-state index in [1.54, 1.807) is 18.2 Å². The lowest BCUT2D eigenvalue weighted by molar-refractivity contribution is -0.151.